The maximum atomic E-state index is 12.3. The molecule has 0 bridgehead atoms. The van der Waals surface area contributed by atoms with Gasteiger partial charge in [-0.1, -0.05) is 15.9 Å². The summed E-state index contributed by atoms with van der Waals surface area (Å²) < 4.78 is 6.84. The summed E-state index contributed by atoms with van der Waals surface area (Å²) in [4.78, 5) is 16.4. The Kier molecular flexibility index (Phi) is 4.90. The Hall–Kier alpha value is -1.95. The monoisotopic (exact) mass is 349 g/mol. The lowest BCUT2D eigenvalue weighted by Gasteiger charge is -2.11. The van der Waals surface area contributed by atoms with E-state index in [9.17, 15) is 4.79 Å². The fourth-order valence-corrected chi connectivity index (χ4v) is 2.33. The summed E-state index contributed by atoms with van der Waals surface area (Å²) in [5.74, 6) is 1.36. The Bertz CT molecular complexity index is 708. The van der Waals surface area contributed by atoms with Crippen LogP contribution < -0.4 is 10.2 Å². The highest BCUT2D eigenvalue weighted by Crippen LogP contribution is 2.12. The molecule has 0 saturated carbocycles. The molecule has 21 heavy (non-hydrogen) atoms. The molecule has 1 aromatic carbocycles. The Balaban J connectivity index is 2.24. The van der Waals surface area contributed by atoms with E-state index in [1.54, 1.807) is 49.1 Å². The number of methoxy groups -OCH3 is 1. The number of aryl methyl sites for hydroxylation is 1. The number of alkyl halides is 1. The van der Waals surface area contributed by atoms with Crippen LogP contribution in [0.4, 0.5) is 0 Å². The normalized spacial score (nSPS) is 10.4. The Morgan fingerprint density at radius 2 is 2.05 bits per heavy atom. The van der Waals surface area contributed by atoms with Crippen molar-refractivity contribution in [1.29, 1.82) is 5.41 Å². The summed E-state index contributed by atoms with van der Waals surface area (Å²) in [6.07, 6.45) is 1.79. The summed E-state index contributed by atoms with van der Waals surface area (Å²) in [6, 6.07) is 7.02. The van der Waals surface area contributed by atoms with Gasteiger partial charge in [-0.25, -0.2) is 4.98 Å². The molecule has 2 aromatic rings. The standard InChI is InChI=1S/C15H16BrN3O2/c1-10-18-15(17)12(7-16)8-19(10)9-14(20)11-3-5-13(21-2)6-4-11/h3-6,8,17H,7,9H2,1-2H3. The summed E-state index contributed by atoms with van der Waals surface area (Å²) in [6.45, 7) is 1.99. The molecule has 0 unspecified atom stereocenters. The molecule has 0 spiro atoms. The fraction of sp³-hybridized carbons (Fsp3) is 0.267. The quantitative estimate of drug-likeness (QED) is 0.665. The van der Waals surface area contributed by atoms with Crippen molar-refractivity contribution >= 4 is 21.7 Å². The summed E-state index contributed by atoms with van der Waals surface area (Å²) >= 11 is 3.32. The van der Waals surface area contributed by atoms with Crippen molar-refractivity contribution in [2.75, 3.05) is 7.11 Å². The molecule has 0 aliphatic rings. The van der Waals surface area contributed by atoms with Gasteiger partial charge in [0, 0.05) is 22.7 Å². The van der Waals surface area contributed by atoms with Crippen LogP contribution in [-0.4, -0.2) is 22.4 Å². The molecule has 0 fully saturated rings. The first-order valence-corrected chi connectivity index (χ1v) is 7.52. The molecular formula is C15H16BrN3O2. The number of benzene rings is 1. The lowest BCUT2D eigenvalue weighted by Crippen LogP contribution is -2.22. The average Bonchev–Trinajstić information content (AvgIpc) is 2.50. The molecule has 5 nitrogen and oxygen atoms in total. The minimum Gasteiger partial charge on any atom is -0.497 e. The van der Waals surface area contributed by atoms with Crippen LogP contribution in [0, 0.1) is 12.3 Å². The van der Waals surface area contributed by atoms with E-state index in [1.165, 1.54) is 0 Å². The van der Waals surface area contributed by atoms with E-state index in [-0.39, 0.29) is 17.8 Å². The van der Waals surface area contributed by atoms with Crippen molar-refractivity contribution in [1.82, 2.24) is 9.55 Å². The first kappa shape index (κ1) is 15.4. The van der Waals surface area contributed by atoms with Crippen molar-refractivity contribution in [3.05, 3.63) is 52.9 Å². The van der Waals surface area contributed by atoms with Gasteiger partial charge in [0.15, 0.2) is 11.3 Å². The van der Waals surface area contributed by atoms with Crippen LogP contribution >= 0.6 is 15.9 Å². The number of nitrogens with zero attached hydrogens (tertiary/aromatic N) is 2. The number of hydrogen-bond acceptors (Lipinski definition) is 4. The van der Waals surface area contributed by atoms with Crippen LogP contribution in [0.1, 0.15) is 21.7 Å². The van der Waals surface area contributed by atoms with Crippen LogP contribution in [0.5, 0.6) is 5.75 Å². The highest BCUT2D eigenvalue weighted by Gasteiger charge is 2.09. The van der Waals surface area contributed by atoms with E-state index in [2.05, 4.69) is 20.9 Å². The SMILES string of the molecule is COc1ccc(C(=O)Cn2cc(CBr)c(=N)nc2C)cc1. The second-order valence-corrected chi connectivity index (χ2v) is 5.14. The molecule has 0 saturated heterocycles. The smallest absolute Gasteiger partial charge is 0.182 e. The summed E-state index contributed by atoms with van der Waals surface area (Å²) in [5.41, 5.74) is 1.61. The van der Waals surface area contributed by atoms with Gasteiger partial charge in [-0.15, -0.1) is 0 Å². The van der Waals surface area contributed by atoms with E-state index in [1.807, 2.05) is 0 Å². The van der Waals surface area contributed by atoms with E-state index in [0.29, 0.717) is 16.7 Å². The predicted molar refractivity (Wildman–Crippen MR) is 82.8 cm³/mol. The molecule has 6 heteroatoms. The zero-order valence-electron chi connectivity index (χ0n) is 11.9. The van der Waals surface area contributed by atoms with E-state index < -0.39 is 0 Å². The Labute approximate surface area is 131 Å². The topological polar surface area (TPSA) is 68.0 Å². The van der Waals surface area contributed by atoms with Gasteiger partial charge >= 0.3 is 0 Å². The molecule has 1 aromatic heterocycles. The zero-order chi connectivity index (χ0) is 15.4. The van der Waals surface area contributed by atoms with Crippen LogP contribution in [0.2, 0.25) is 0 Å². The molecular weight excluding hydrogens is 334 g/mol. The second kappa shape index (κ2) is 6.67. The fourth-order valence-electron chi connectivity index (χ4n) is 1.92. The first-order valence-electron chi connectivity index (χ1n) is 6.40. The maximum absolute atomic E-state index is 12.3. The van der Waals surface area contributed by atoms with Gasteiger partial charge in [-0.3, -0.25) is 10.2 Å². The van der Waals surface area contributed by atoms with Gasteiger partial charge < -0.3 is 9.30 Å². The average molecular weight is 350 g/mol. The van der Waals surface area contributed by atoms with E-state index in [0.717, 1.165) is 11.3 Å². The predicted octanol–water partition coefficient (Wildman–Crippen LogP) is 2.46. The largest absolute Gasteiger partial charge is 0.497 e. The van der Waals surface area contributed by atoms with Gasteiger partial charge in [0.05, 0.1) is 13.7 Å². The molecule has 0 aliphatic heterocycles. The van der Waals surface area contributed by atoms with Crippen LogP contribution in [0.15, 0.2) is 30.5 Å². The third-order valence-electron chi connectivity index (χ3n) is 3.18. The third kappa shape index (κ3) is 3.58. The summed E-state index contributed by atoms with van der Waals surface area (Å²) in [5, 5.41) is 8.28. The summed E-state index contributed by atoms with van der Waals surface area (Å²) in [7, 11) is 1.59. The minimum absolute atomic E-state index is 0.00851. The van der Waals surface area contributed by atoms with Gasteiger partial charge in [0.2, 0.25) is 0 Å². The molecule has 2 rings (SSSR count). The number of hydrogen-bond donors (Lipinski definition) is 1. The second-order valence-electron chi connectivity index (χ2n) is 4.58. The number of ketones is 1. The molecule has 0 aliphatic carbocycles. The van der Waals surface area contributed by atoms with Crippen LogP contribution in [0.25, 0.3) is 0 Å². The number of carbonyl (C=O) groups excluding carboxylic acids is 1. The van der Waals surface area contributed by atoms with E-state index in [4.69, 9.17) is 10.1 Å². The lowest BCUT2D eigenvalue weighted by atomic mass is 10.1. The lowest BCUT2D eigenvalue weighted by molar-refractivity contribution is 0.0970. The molecule has 0 radical (unpaired) electrons. The third-order valence-corrected chi connectivity index (χ3v) is 3.78. The number of carbonyl (C=O) groups is 1. The van der Waals surface area contributed by atoms with Crippen molar-refractivity contribution in [3.63, 3.8) is 0 Å². The Morgan fingerprint density at radius 3 is 2.62 bits per heavy atom. The van der Waals surface area contributed by atoms with Gasteiger partial charge in [-0.2, -0.15) is 0 Å². The number of nitrogens with one attached hydrogen (secondary N) is 1. The van der Waals surface area contributed by atoms with Crippen molar-refractivity contribution < 1.29 is 9.53 Å². The van der Waals surface area contributed by atoms with Crippen molar-refractivity contribution in [3.8, 4) is 5.75 Å². The Morgan fingerprint density at radius 1 is 1.38 bits per heavy atom. The van der Waals surface area contributed by atoms with Gasteiger partial charge in [-0.05, 0) is 31.2 Å². The molecule has 1 heterocycles. The van der Waals surface area contributed by atoms with Crippen molar-refractivity contribution in [2.45, 2.75) is 18.8 Å². The molecule has 0 amide bonds. The van der Waals surface area contributed by atoms with Crippen LogP contribution in [-0.2, 0) is 11.9 Å². The minimum atomic E-state index is -0.00851. The number of Topliss-reactive ketones (excluding diaryl/α,β-unsaturated/α-hetero) is 1. The zero-order valence-corrected chi connectivity index (χ0v) is 13.5. The number of halogens is 1. The first-order chi connectivity index (χ1) is 10.0. The van der Waals surface area contributed by atoms with Gasteiger partial charge in [0.25, 0.3) is 0 Å². The maximum Gasteiger partial charge on any atom is 0.182 e. The van der Waals surface area contributed by atoms with Gasteiger partial charge in [0.1, 0.15) is 11.6 Å². The highest BCUT2D eigenvalue weighted by atomic mass is 79.9. The van der Waals surface area contributed by atoms with E-state index >= 15 is 0 Å². The number of aromatic nitrogens is 2. The van der Waals surface area contributed by atoms with Crippen LogP contribution in [0.3, 0.4) is 0 Å². The highest BCUT2D eigenvalue weighted by molar-refractivity contribution is 9.08. The number of rotatable bonds is 5. The van der Waals surface area contributed by atoms with Crippen molar-refractivity contribution in [2.24, 2.45) is 0 Å². The molecule has 0 atom stereocenters. The molecule has 110 valence electrons. The molecule has 1 N–H and O–H groups in total. The number of ether oxygens (including phenoxy) is 1.